The number of fused-ring (bicyclic) bond motifs is 1. The van der Waals surface area contributed by atoms with Crippen LogP contribution < -0.4 is 0 Å². The quantitative estimate of drug-likeness (QED) is 0.250. The minimum Gasteiger partial charge on any atom is -0.463 e. The Morgan fingerprint density at radius 3 is 2.24 bits per heavy atom. The summed E-state index contributed by atoms with van der Waals surface area (Å²) in [6.07, 6.45) is -6.35. The third kappa shape index (κ3) is 5.74. The minimum absolute atomic E-state index is 0.0682. The number of aliphatic hydroxyl groups is 6. The van der Waals surface area contributed by atoms with E-state index in [-0.39, 0.29) is 37.1 Å². The van der Waals surface area contributed by atoms with E-state index in [0.717, 1.165) is 12.8 Å². The number of hydrogen-bond acceptors (Lipinski definition) is 11. The maximum Gasteiger partial charge on any atom is 0.302 e. The Hall–Kier alpha value is -0.890. The van der Waals surface area contributed by atoms with Gasteiger partial charge in [0, 0.05) is 12.8 Å². The predicted molar refractivity (Wildman–Crippen MR) is 114 cm³/mol. The van der Waals surface area contributed by atoms with Crippen molar-refractivity contribution in [2.75, 3.05) is 6.61 Å². The molecule has 6 N–H and O–H groups in total. The second kappa shape index (κ2) is 11.0. The molecule has 11 nitrogen and oxygen atoms in total. The molecule has 0 radical (unpaired) electrons. The molecule has 196 valence electrons. The first-order valence-corrected chi connectivity index (χ1v) is 12.3. The van der Waals surface area contributed by atoms with Crippen LogP contribution in [-0.2, 0) is 23.7 Å². The zero-order chi connectivity index (χ0) is 24.6. The molecule has 2 saturated carbocycles. The van der Waals surface area contributed by atoms with Gasteiger partial charge in [0.15, 0.2) is 6.29 Å². The fourth-order valence-electron chi connectivity index (χ4n) is 5.91. The van der Waals surface area contributed by atoms with E-state index in [4.69, 9.17) is 18.9 Å². The highest BCUT2D eigenvalue weighted by Crippen LogP contribution is 2.43. The number of ether oxygens (including phenoxy) is 4. The third-order valence-corrected chi connectivity index (χ3v) is 7.83. The van der Waals surface area contributed by atoms with E-state index in [1.807, 2.05) is 0 Å². The molecule has 4 aliphatic rings. The van der Waals surface area contributed by atoms with Gasteiger partial charge in [-0.05, 0) is 50.9 Å². The van der Waals surface area contributed by atoms with Crippen molar-refractivity contribution in [1.82, 2.24) is 0 Å². The molecule has 4 fully saturated rings. The van der Waals surface area contributed by atoms with Crippen molar-refractivity contribution < 1.29 is 54.4 Å². The summed E-state index contributed by atoms with van der Waals surface area (Å²) in [7, 11) is 0. The van der Waals surface area contributed by atoms with Gasteiger partial charge in [-0.25, -0.2) is 0 Å². The summed E-state index contributed by atoms with van der Waals surface area (Å²) >= 11 is 0. The van der Waals surface area contributed by atoms with Gasteiger partial charge < -0.3 is 49.6 Å². The summed E-state index contributed by atoms with van der Waals surface area (Å²) in [6.45, 7) is 0.898. The van der Waals surface area contributed by atoms with Crippen molar-refractivity contribution in [1.29, 1.82) is 0 Å². The molecule has 0 aromatic heterocycles. The number of aliphatic hydroxyl groups excluding tert-OH is 6. The Kier molecular flexibility index (Phi) is 8.48. The fraction of sp³-hybridized carbons (Fsp3) is 0.957. The van der Waals surface area contributed by atoms with Gasteiger partial charge in [-0.2, -0.15) is 0 Å². The van der Waals surface area contributed by atoms with Crippen LogP contribution in [0.15, 0.2) is 0 Å². The van der Waals surface area contributed by atoms with Crippen molar-refractivity contribution in [3.05, 3.63) is 0 Å². The van der Waals surface area contributed by atoms with Crippen LogP contribution in [-0.4, -0.2) is 111 Å². The second-order valence-corrected chi connectivity index (χ2v) is 10.3. The normalized spacial score (nSPS) is 49.8. The molecule has 4 rings (SSSR count). The van der Waals surface area contributed by atoms with Gasteiger partial charge in [0.25, 0.3) is 0 Å². The standard InChI is InChI=1S/C23H38O11/c1-10(24)31-9-18-19(28)20(29)21(30)23(34-18)33-17-8-14-15(27)6-13(26)7-16(14)32-22(17)11-2-4-12(25)5-3-11/h11-23,25-30H,2-9H2,1H3. The van der Waals surface area contributed by atoms with E-state index in [1.54, 1.807) is 0 Å². The minimum atomic E-state index is -1.57. The monoisotopic (exact) mass is 490 g/mol. The van der Waals surface area contributed by atoms with Gasteiger partial charge in [0.05, 0.1) is 36.6 Å². The Morgan fingerprint density at radius 2 is 1.56 bits per heavy atom. The Labute approximate surface area is 198 Å². The van der Waals surface area contributed by atoms with Crippen LogP contribution >= 0.6 is 0 Å². The van der Waals surface area contributed by atoms with E-state index in [9.17, 15) is 35.4 Å². The first kappa shape index (κ1) is 26.2. The average molecular weight is 491 g/mol. The molecule has 11 heteroatoms. The lowest BCUT2D eigenvalue weighted by Crippen LogP contribution is -2.62. The summed E-state index contributed by atoms with van der Waals surface area (Å²) in [5.41, 5.74) is 0. The maximum absolute atomic E-state index is 11.2. The zero-order valence-electron chi connectivity index (χ0n) is 19.4. The molecule has 2 aliphatic heterocycles. The lowest BCUT2D eigenvalue weighted by molar-refractivity contribution is -0.333. The molecule has 0 aromatic rings. The van der Waals surface area contributed by atoms with Gasteiger partial charge in [-0.15, -0.1) is 0 Å². The van der Waals surface area contributed by atoms with Crippen LogP contribution in [0.2, 0.25) is 0 Å². The maximum atomic E-state index is 11.2. The molecule has 0 aromatic carbocycles. The van der Waals surface area contributed by atoms with Gasteiger partial charge in [-0.1, -0.05) is 0 Å². The highest BCUT2D eigenvalue weighted by molar-refractivity contribution is 5.65. The zero-order valence-corrected chi connectivity index (χ0v) is 19.4. The smallest absolute Gasteiger partial charge is 0.302 e. The van der Waals surface area contributed by atoms with Crippen molar-refractivity contribution in [2.45, 2.75) is 119 Å². The third-order valence-electron chi connectivity index (χ3n) is 7.83. The number of carbonyl (C=O) groups is 1. The number of carbonyl (C=O) groups excluding carboxylic acids is 1. The van der Waals surface area contributed by atoms with E-state index >= 15 is 0 Å². The molecule has 0 amide bonds. The summed E-state index contributed by atoms with van der Waals surface area (Å²) in [5, 5.41) is 61.8. The highest BCUT2D eigenvalue weighted by atomic mass is 16.7. The van der Waals surface area contributed by atoms with E-state index in [1.165, 1.54) is 6.92 Å². The van der Waals surface area contributed by atoms with Crippen LogP contribution in [0.5, 0.6) is 0 Å². The topological polar surface area (TPSA) is 175 Å². The van der Waals surface area contributed by atoms with Crippen molar-refractivity contribution in [2.24, 2.45) is 11.8 Å². The van der Waals surface area contributed by atoms with Crippen LogP contribution in [0.4, 0.5) is 0 Å². The Balaban J connectivity index is 1.50. The summed E-state index contributed by atoms with van der Waals surface area (Å²) in [5.74, 6) is -0.779. The molecule has 2 aliphatic carbocycles. The van der Waals surface area contributed by atoms with Crippen molar-refractivity contribution >= 4 is 5.97 Å². The molecule has 0 bridgehead atoms. The molecule has 0 spiro atoms. The largest absolute Gasteiger partial charge is 0.463 e. The average Bonchev–Trinajstić information content (AvgIpc) is 2.79. The molecule has 11 atom stereocenters. The first-order chi connectivity index (χ1) is 16.1. The highest BCUT2D eigenvalue weighted by Gasteiger charge is 2.51. The fourth-order valence-corrected chi connectivity index (χ4v) is 5.91. The van der Waals surface area contributed by atoms with Crippen LogP contribution in [0.3, 0.4) is 0 Å². The lowest BCUT2D eigenvalue weighted by atomic mass is 9.73. The lowest BCUT2D eigenvalue weighted by Gasteiger charge is -2.51. The summed E-state index contributed by atoms with van der Waals surface area (Å²) in [6, 6.07) is 0. The number of esters is 1. The van der Waals surface area contributed by atoms with Gasteiger partial charge >= 0.3 is 5.97 Å². The molecule has 2 heterocycles. The van der Waals surface area contributed by atoms with Crippen LogP contribution in [0.1, 0.15) is 51.9 Å². The SMILES string of the molecule is CC(=O)OCC1OC(OC2CC3C(O)CC(O)CC3OC2C2CCC(O)CC2)C(O)C(O)C1O. The van der Waals surface area contributed by atoms with Crippen LogP contribution in [0.25, 0.3) is 0 Å². The molecule has 34 heavy (non-hydrogen) atoms. The first-order valence-electron chi connectivity index (χ1n) is 12.3. The predicted octanol–water partition coefficient (Wildman–Crippen LogP) is -1.42. The van der Waals surface area contributed by atoms with Gasteiger partial charge in [-0.3, -0.25) is 4.79 Å². The second-order valence-electron chi connectivity index (χ2n) is 10.3. The number of hydrogen-bond donors (Lipinski definition) is 6. The summed E-state index contributed by atoms with van der Waals surface area (Å²) < 4.78 is 23.2. The van der Waals surface area contributed by atoms with Gasteiger partial charge in [0.1, 0.15) is 31.0 Å². The van der Waals surface area contributed by atoms with E-state index < -0.39 is 61.1 Å². The van der Waals surface area contributed by atoms with Crippen molar-refractivity contribution in [3.63, 3.8) is 0 Å². The molecular weight excluding hydrogens is 452 g/mol. The van der Waals surface area contributed by atoms with Gasteiger partial charge in [0.2, 0.25) is 0 Å². The van der Waals surface area contributed by atoms with E-state index in [0.29, 0.717) is 25.7 Å². The molecule has 2 saturated heterocycles. The molecular formula is C23H38O11. The van der Waals surface area contributed by atoms with E-state index in [2.05, 4.69) is 0 Å². The summed E-state index contributed by atoms with van der Waals surface area (Å²) in [4.78, 5) is 11.2. The Bertz CT molecular complexity index is 684. The Morgan fingerprint density at radius 1 is 0.853 bits per heavy atom. The van der Waals surface area contributed by atoms with Crippen molar-refractivity contribution in [3.8, 4) is 0 Å². The van der Waals surface area contributed by atoms with Crippen LogP contribution in [0, 0.1) is 11.8 Å². The molecule has 11 unspecified atom stereocenters. The number of rotatable bonds is 5.